The van der Waals surface area contributed by atoms with Gasteiger partial charge in [0.1, 0.15) is 11.5 Å². The van der Waals surface area contributed by atoms with E-state index < -0.39 is 21.5 Å². The van der Waals surface area contributed by atoms with Crippen LogP contribution in [0.3, 0.4) is 0 Å². The molecule has 0 aliphatic heterocycles. The van der Waals surface area contributed by atoms with Gasteiger partial charge in [-0.1, -0.05) is 6.07 Å². The van der Waals surface area contributed by atoms with Gasteiger partial charge >= 0.3 is 0 Å². The molecule has 0 aliphatic carbocycles. The minimum atomic E-state index is -3.72. The van der Waals surface area contributed by atoms with Gasteiger partial charge in [0.25, 0.3) is 0 Å². The normalized spacial score (nSPS) is 11.1. The van der Waals surface area contributed by atoms with Crippen LogP contribution in [0.5, 0.6) is 5.75 Å². The number of rotatable bonds is 3. The van der Waals surface area contributed by atoms with Crippen molar-refractivity contribution in [2.75, 3.05) is 5.75 Å². The maximum absolute atomic E-state index is 11.4. The first-order valence-corrected chi connectivity index (χ1v) is 5.37. The molecule has 1 aromatic carbocycles. The molecule has 6 heteroatoms. The number of amides is 1. The summed E-state index contributed by atoms with van der Waals surface area (Å²) in [6.45, 7) is 0. The van der Waals surface area contributed by atoms with Crippen molar-refractivity contribution in [2.24, 2.45) is 5.73 Å². The fourth-order valence-electron chi connectivity index (χ4n) is 0.948. The van der Waals surface area contributed by atoms with Gasteiger partial charge in [-0.2, -0.15) is 0 Å². The zero-order valence-corrected chi connectivity index (χ0v) is 7.99. The lowest BCUT2D eigenvalue weighted by Gasteiger charge is -2.01. The summed E-state index contributed by atoms with van der Waals surface area (Å²) in [5, 5.41) is 9.03. The van der Waals surface area contributed by atoms with E-state index in [-0.39, 0.29) is 10.6 Å². The Morgan fingerprint density at radius 3 is 2.57 bits per heavy atom. The number of hydrogen-bond donors (Lipinski definition) is 2. The van der Waals surface area contributed by atoms with Gasteiger partial charge in [0.2, 0.25) is 5.91 Å². The van der Waals surface area contributed by atoms with Crippen molar-refractivity contribution in [3.05, 3.63) is 24.3 Å². The van der Waals surface area contributed by atoms with Gasteiger partial charge in [-0.25, -0.2) is 8.42 Å². The fourth-order valence-corrected chi connectivity index (χ4v) is 2.08. The van der Waals surface area contributed by atoms with Gasteiger partial charge in [0.05, 0.1) is 4.90 Å². The number of aromatic hydroxyl groups is 1. The molecule has 14 heavy (non-hydrogen) atoms. The maximum atomic E-state index is 11.4. The molecule has 1 rings (SSSR count). The third kappa shape index (κ3) is 2.46. The van der Waals surface area contributed by atoms with Crippen LogP contribution in [0.4, 0.5) is 0 Å². The first-order chi connectivity index (χ1) is 6.42. The predicted octanol–water partition coefficient (Wildman–Crippen LogP) is -0.349. The SMILES string of the molecule is NC(=O)CS(=O)(=O)c1cccc(O)c1. The number of phenols is 1. The Hall–Kier alpha value is -1.56. The van der Waals surface area contributed by atoms with E-state index in [1.165, 1.54) is 18.2 Å². The molecule has 0 aromatic heterocycles. The van der Waals surface area contributed by atoms with E-state index in [0.717, 1.165) is 6.07 Å². The quantitative estimate of drug-likeness (QED) is 0.720. The molecule has 0 fully saturated rings. The molecule has 76 valence electrons. The molecule has 0 saturated heterocycles. The van der Waals surface area contributed by atoms with E-state index in [2.05, 4.69) is 0 Å². The summed E-state index contributed by atoms with van der Waals surface area (Å²) in [4.78, 5) is 10.3. The minimum absolute atomic E-state index is 0.115. The number of nitrogens with two attached hydrogens (primary N) is 1. The predicted molar refractivity (Wildman–Crippen MR) is 49.4 cm³/mol. The van der Waals surface area contributed by atoms with Crippen LogP contribution in [0, 0.1) is 0 Å². The van der Waals surface area contributed by atoms with Crippen molar-refractivity contribution in [1.29, 1.82) is 0 Å². The third-order valence-corrected chi connectivity index (χ3v) is 3.15. The zero-order valence-electron chi connectivity index (χ0n) is 7.17. The van der Waals surface area contributed by atoms with E-state index in [0.29, 0.717) is 0 Å². The number of benzene rings is 1. The monoisotopic (exact) mass is 215 g/mol. The zero-order chi connectivity index (χ0) is 10.8. The highest BCUT2D eigenvalue weighted by Gasteiger charge is 2.17. The van der Waals surface area contributed by atoms with E-state index in [1.807, 2.05) is 0 Å². The van der Waals surface area contributed by atoms with Gasteiger partial charge in [-0.3, -0.25) is 4.79 Å². The Balaban J connectivity index is 3.11. The molecule has 0 heterocycles. The smallest absolute Gasteiger partial charge is 0.233 e. The standard InChI is InChI=1S/C8H9NO4S/c9-8(11)5-14(12,13)7-3-1-2-6(10)4-7/h1-4,10H,5H2,(H2,9,11). The number of carbonyl (C=O) groups is 1. The van der Waals surface area contributed by atoms with Crippen molar-refractivity contribution < 1.29 is 18.3 Å². The molecular formula is C8H9NO4S. The van der Waals surface area contributed by atoms with Crippen LogP contribution in [0.2, 0.25) is 0 Å². The van der Waals surface area contributed by atoms with Crippen LogP contribution in [0.25, 0.3) is 0 Å². The second kappa shape index (κ2) is 3.67. The molecule has 0 spiro atoms. The summed E-state index contributed by atoms with van der Waals surface area (Å²) >= 11 is 0. The lowest BCUT2D eigenvalue weighted by molar-refractivity contribution is -0.115. The summed E-state index contributed by atoms with van der Waals surface area (Å²) in [5.41, 5.74) is 4.77. The van der Waals surface area contributed by atoms with E-state index in [9.17, 15) is 13.2 Å². The van der Waals surface area contributed by atoms with Crippen molar-refractivity contribution in [2.45, 2.75) is 4.90 Å². The summed E-state index contributed by atoms with van der Waals surface area (Å²) in [6, 6.07) is 5.07. The van der Waals surface area contributed by atoms with Gasteiger partial charge in [0.15, 0.2) is 9.84 Å². The highest BCUT2D eigenvalue weighted by atomic mass is 32.2. The molecule has 3 N–H and O–H groups in total. The molecule has 0 saturated carbocycles. The molecule has 1 aromatic rings. The maximum Gasteiger partial charge on any atom is 0.233 e. The molecule has 0 atom stereocenters. The van der Waals surface area contributed by atoms with Gasteiger partial charge in [-0.05, 0) is 18.2 Å². The largest absolute Gasteiger partial charge is 0.508 e. The first-order valence-electron chi connectivity index (χ1n) is 3.72. The van der Waals surface area contributed by atoms with Crippen molar-refractivity contribution in [3.63, 3.8) is 0 Å². The minimum Gasteiger partial charge on any atom is -0.508 e. The highest BCUT2D eigenvalue weighted by Crippen LogP contribution is 2.16. The van der Waals surface area contributed by atoms with Crippen LogP contribution in [0.15, 0.2) is 29.2 Å². The Morgan fingerprint density at radius 2 is 2.07 bits per heavy atom. The molecule has 0 aliphatic rings. The molecular weight excluding hydrogens is 206 g/mol. The van der Waals surface area contributed by atoms with Crippen molar-refractivity contribution in [1.82, 2.24) is 0 Å². The fraction of sp³-hybridized carbons (Fsp3) is 0.125. The lowest BCUT2D eigenvalue weighted by Crippen LogP contribution is -2.23. The summed E-state index contributed by atoms with van der Waals surface area (Å²) in [6.07, 6.45) is 0. The first kappa shape index (κ1) is 10.5. The highest BCUT2D eigenvalue weighted by molar-refractivity contribution is 7.92. The van der Waals surface area contributed by atoms with E-state index in [4.69, 9.17) is 10.8 Å². The van der Waals surface area contributed by atoms with E-state index in [1.54, 1.807) is 0 Å². The number of hydrogen-bond acceptors (Lipinski definition) is 4. The molecule has 1 amide bonds. The van der Waals surface area contributed by atoms with Crippen LogP contribution in [-0.2, 0) is 14.6 Å². The Kier molecular flexibility index (Phi) is 2.76. The molecule has 0 bridgehead atoms. The van der Waals surface area contributed by atoms with Crippen molar-refractivity contribution >= 4 is 15.7 Å². The lowest BCUT2D eigenvalue weighted by atomic mass is 10.3. The summed E-state index contributed by atoms with van der Waals surface area (Å²) in [5.74, 6) is -1.85. The Labute approximate surface area is 81.1 Å². The summed E-state index contributed by atoms with van der Waals surface area (Å²) in [7, 11) is -3.72. The van der Waals surface area contributed by atoms with Crippen LogP contribution in [0.1, 0.15) is 0 Å². The molecule has 5 nitrogen and oxygen atoms in total. The number of phenolic OH excluding ortho intramolecular Hbond substituents is 1. The van der Waals surface area contributed by atoms with Gasteiger partial charge in [0, 0.05) is 0 Å². The number of sulfone groups is 1. The summed E-state index contributed by atoms with van der Waals surface area (Å²) < 4.78 is 22.8. The third-order valence-electron chi connectivity index (χ3n) is 1.51. The van der Waals surface area contributed by atoms with Crippen LogP contribution in [-0.4, -0.2) is 25.2 Å². The van der Waals surface area contributed by atoms with Crippen LogP contribution >= 0.6 is 0 Å². The average molecular weight is 215 g/mol. The van der Waals surface area contributed by atoms with Crippen molar-refractivity contribution in [3.8, 4) is 5.75 Å². The molecule has 0 radical (unpaired) electrons. The average Bonchev–Trinajstić information content (AvgIpc) is 2.01. The second-order valence-electron chi connectivity index (χ2n) is 2.72. The number of carbonyl (C=O) groups excluding carboxylic acids is 1. The Bertz CT molecular complexity index is 452. The van der Waals surface area contributed by atoms with E-state index >= 15 is 0 Å². The number of primary amides is 1. The van der Waals surface area contributed by atoms with Gasteiger partial charge in [-0.15, -0.1) is 0 Å². The molecule has 0 unspecified atom stereocenters. The Morgan fingerprint density at radius 1 is 1.43 bits per heavy atom. The van der Waals surface area contributed by atoms with Gasteiger partial charge < -0.3 is 10.8 Å². The van der Waals surface area contributed by atoms with Crippen LogP contribution < -0.4 is 5.73 Å². The topological polar surface area (TPSA) is 97.5 Å². The second-order valence-corrected chi connectivity index (χ2v) is 4.71.